The number of allylic oxidation sites excluding steroid dienone is 1. The van der Waals surface area contributed by atoms with Crippen molar-refractivity contribution in [3.63, 3.8) is 0 Å². The quantitative estimate of drug-likeness (QED) is 0.657. The molecule has 0 radical (unpaired) electrons. The SMILES string of the molecule is CNC(C1=CCCCCC1)C1CC1. The van der Waals surface area contributed by atoms with Crippen LogP contribution in [0.1, 0.15) is 44.9 Å². The first-order chi connectivity index (χ1) is 6.42. The number of rotatable bonds is 3. The van der Waals surface area contributed by atoms with Crippen LogP contribution in [0.15, 0.2) is 11.6 Å². The van der Waals surface area contributed by atoms with Gasteiger partial charge in [0.25, 0.3) is 0 Å². The Morgan fingerprint density at radius 1 is 1.31 bits per heavy atom. The van der Waals surface area contributed by atoms with E-state index in [-0.39, 0.29) is 0 Å². The zero-order valence-corrected chi connectivity index (χ0v) is 8.68. The predicted molar refractivity (Wildman–Crippen MR) is 56.7 cm³/mol. The van der Waals surface area contributed by atoms with Gasteiger partial charge in [0.1, 0.15) is 0 Å². The van der Waals surface area contributed by atoms with E-state index < -0.39 is 0 Å². The smallest absolute Gasteiger partial charge is 0.0305 e. The lowest BCUT2D eigenvalue weighted by molar-refractivity contribution is 0.545. The minimum Gasteiger partial charge on any atom is -0.313 e. The van der Waals surface area contributed by atoms with E-state index in [4.69, 9.17) is 0 Å². The van der Waals surface area contributed by atoms with Gasteiger partial charge in [-0.25, -0.2) is 0 Å². The Morgan fingerprint density at radius 2 is 2.15 bits per heavy atom. The first-order valence-electron chi connectivity index (χ1n) is 5.78. The number of hydrogen-bond acceptors (Lipinski definition) is 1. The summed E-state index contributed by atoms with van der Waals surface area (Å²) in [6, 6.07) is 0.720. The third-order valence-electron chi connectivity index (χ3n) is 3.38. The zero-order valence-electron chi connectivity index (χ0n) is 8.68. The average Bonchev–Trinajstić information content (AvgIpc) is 2.92. The summed E-state index contributed by atoms with van der Waals surface area (Å²) in [6.07, 6.45) is 12.3. The molecule has 13 heavy (non-hydrogen) atoms. The Balaban J connectivity index is 1.97. The van der Waals surface area contributed by atoms with Gasteiger partial charge in [0.05, 0.1) is 0 Å². The highest BCUT2D eigenvalue weighted by Crippen LogP contribution is 2.37. The monoisotopic (exact) mass is 179 g/mol. The molecule has 0 heterocycles. The summed E-state index contributed by atoms with van der Waals surface area (Å²) >= 11 is 0. The second-order valence-corrected chi connectivity index (χ2v) is 4.48. The van der Waals surface area contributed by atoms with Gasteiger partial charge >= 0.3 is 0 Å². The van der Waals surface area contributed by atoms with E-state index in [0.29, 0.717) is 0 Å². The van der Waals surface area contributed by atoms with Crippen molar-refractivity contribution in [3.8, 4) is 0 Å². The third-order valence-corrected chi connectivity index (χ3v) is 3.38. The van der Waals surface area contributed by atoms with Gasteiger partial charge in [0.15, 0.2) is 0 Å². The maximum atomic E-state index is 3.49. The van der Waals surface area contributed by atoms with E-state index in [2.05, 4.69) is 18.4 Å². The molecule has 0 aromatic heterocycles. The standard InChI is InChI=1S/C12H21N/c1-13-12(11-8-9-11)10-6-4-2-3-5-7-10/h6,11-13H,2-5,7-9H2,1H3. The van der Waals surface area contributed by atoms with E-state index in [1.165, 1.54) is 44.9 Å². The molecule has 1 saturated carbocycles. The summed E-state index contributed by atoms with van der Waals surface area (Å²) < 4.78 is 0. The van der Waals surface area contributed by atoms with Gasteiger partial charge in [-0.1, -0.05) is 18.1 Å². The highest BCUT2D eigenvalue weighted by atomic mass is 14.9. The maximum absolute atomic E-state index is 3.49. The number of hydrogen-bond donors (Lipinski definition) is 1. The minimum atomic E-state index is 0.720. The lowest BCUT2D eigenvalue weighted by atomic mass is 9.98. The molecular formula is C12H21N. The molecule has 0 aromatic carbocycles. The van der Waals surface area contributed by atoms with E-state index >= 15 is 0 Å². The zero-order chi connectivity index (χ0) is 9.10. The number of likely N-dealkylation sites (N-methyl/N-ethyl adjacent to an activating group) is 1. The molecule has 2 rings (SSSR count). The average molecular weight is 179 g/mol. The predicted octanol–water partition coefficient (Wildman–Crippen LogP) is 2.87. The van der Waals surface area contributed by atoms with Crippen LogP contribution in [0, 0.1) is 5.92 Å². The van der Waals surface area contributed by atoms with E-state index in [1.54, 1.807) is 5.57 Å². The second-order valence-electron chi connectivity index (χ2n) is 4.48. The number of nitrogens with one attached hydrogen (secondary N) is 1. The maximum Gasteiger partial charge on any atom is 0.0305 e. The third kappa shape index (κ3) is 2.34. The van der Waals surface area contributed by atoms with Crippen molar-refractivity contribution in [2.45, 2.75) is 51.0 Å². The van der Waals surface area contributed by atoms with Crippen LogP contribution >= 0.6 is 0 Å². The Morgan fingerprint density at radius 3 is 2.85 bits per heavy atom. The molecule has 0 aromatic rings. The molecule has 2 aliphatic carbocycles. The molecule has 1 N–H and O–H groups in total. The fourth-order valence-corrected chi connectivity index (χ4v) is 2.48. The topological polar surface area (TPSA) is 12.0 Å². The van der Waals surface area contributed by atoms with Crippen LogP contribution in [0.2, 0.25) is 0 Å². The minimum absolute atomic E-state index is 0.720. The molecule has 0 bridgehead atoms. The van der Waals surface area contributed by atoms with Crippen LogP contribution < -0.4 is 5.32 Å². The lowest BCUT2D eigenvalue weighted by Crippen LogP contribution is -2.29. The second kappa shape index (κ2) is 4.28. The summed E-state index contributed by atoms with van der Waals surface area (Å²) in [5, 5.41) is 3.49. The molecule has 1 atom stereocenters. The summed E-state index contributed by atoms with van der Waals surface area (Å²) in [7, 11) is 2.12. The van der Waals surface area contributed by atoms with Crippen molar-refractivity contribution in [2.24, 2.45) is 5.92 Å². The van der Waals surface area contributed by atoms with Crippen LogP contribution in [0.5, 0.6) is 0 Å². The molecule has 1 nitrogen and oxygen atoms in total. The van der Waals surface area contributed by atoms with Crippen molar-refractivity contribution in [1.29, 1.82) is 0 Å². The van der Waals surface area contributed by atoms with Gasteiger partial charge in [-0.05, 0) is 51.5 Å². The van der Waals surface area contributed by atoms with Crippen LogP contribution in [0.3, 0.4) is 0 Å². The molecule has 74 valence electrons. The molecule has 1 fully saturated rings. The van der Waals surface area contributed by atoms with Gasteiger partial charge in [0.2, 0.25) is 0 Å². The molecule has 1 unspecified atom stereocenters. The largest absolute Gasteiger partial charge is 0.313 e. The van der Waals surface area contributed by atoms with Crippen LogP contribution in [-0.4, -0.2) is 13.1 Å². The molecule has 0 amide bonds. The Kier molecular flexibility index (Phi) is 3.05. The van der Waals surface area contributed by atoms with Crippen LogP contribution in [0.4, 0.5) is 0 Å². The molecule has 1 heteroatoms. The lowest BCUT2D eigenvalue weighted by Gasteiger charge is -2.18. The van der Waals surface area contributed by atoms with Crippen molar-refractivity contribution >= 4 is 0 Å². The summed E-state index contributed by atoms with van der Waals surface area (Å²) in [5.74, 6) is 0.967. The molecule has 0 spiro atoms. The normalized spacial score (nSPS) is 26.4. The van der Waals surface area contributed by atoms with Gasteiger partial charge in [0, 0.05) is 6.04 Å². The van der Waals surface area contributed by atoms with E-state index in [1.807, 2.05) is 0 Å². The van der Waals surface area contributed by atoms with Gasteiger partial charge in [-0.15, -0.1) is 0 Å². The van der Waals surface area contributed by atoms with Gasteiger partial charge in [-0.2, -0.15) is 0 Å². The van der Waals surface area contributed by atoms with E-state index in [9.17, 15) is 0 Å². The Labute approximate surface area is 81.6 Å². The molecular weight excluding hydrogens is 158 g/mol. The van der Waals surface area contributed by atoms with Crippen molar-refractivity contribution in [3.05, 3.63) is 11.6 Å². The van der Waals surface area contributed by atoms with Crippen molar-refractivity contribution in [2.75, 3.05) is 7.05 Å². The molecule has 2 aliphatic rings. The van der Waals surface area contributed by atoms with Gasteiger partial charge < -0.3 is 5.32 Å². The van der Waals surface area contributed by atoms with E-state index in [0.717, 1.165) is 12.0 Å². The summed E-state index contributed by atoms with van der Waals surface area (Å²) in [5.41, 5.74) is 1.71. The first kappa shape index (κ1) is 9.26. The Hall–Kier alpha value is -0.300. The van der Waals surface area contributed by atoms with Crippen LogP contribution in [0.25, 0.3) is 0 Å². The fraction of sp³-hybridized carbons (Fsp3) is 0.833. The Bertz CT molecular complexity index is 191. The van der Waals surface area contributed by atoms with Crippen molar-refractivity contribution in [1.82, 2.24) is 5.32 Å². The molecule has 0 saturated heterocycles. The molecule has 0 aliphatic heterocycles. The highest BCUT2D eigenvalue weighted by Gasteiger charge is 2.32. The van der Waals surface area contributed by atoms with Crippen LogP contribution in [-0.2, 0) is 0 Å². The summed E-state index contributed by atoms with van der Waals surface area (Å²) in [4.78, 5) is 0. The fourth-order valence-electron chi connectivity index (χ4n) is 2.48. The van der Waals surface area contributed by atoms with Gasteiger partial charge in [-0.3, -0.25) is 0 Å². The first-order valence-corrected chi connectivity index (χ1v) is 5.78. The van der Waals surface area contributed by atoms with Crippen molar-refractivity contribution < 1.29 is 0 Å². The summed E-state index contributed by atoms with van der Waals surface area (Å²) in [6.45, 7) is 0. The highest BCUT2D eigenvalue weighted by molar-refractivity contribution is 5.15.